The molecular formula is C12H17ClN4O2. The molecule has 2 rings (SSSR count). The average molecular weight is 285 g/mol. The van der Waals surface area contributed by atoms with Gasteiger partial charge in [-0.2, -0.15) is 5.10 Å². The van der Waals surface area contributed by atoms with Crippen molar-refractivity contribution in [1.82, 2.24) is 20.4 Å². The van der Waals surface area contributed by atoms with Crippen LogP contribution in [0.25, 0.3) is 0 Å². The zero-order chi connectivity index (χ0) is 13.7. The third kappa shape index (κ3) is 3.96. The molecule has 0 aliphatic carbocycles. The fourth-order valence-corrected chi connectivity index (χ4v) is 1.99. The number of nitrogens with one attached hydrogen (secondary N) is 1. The number of hydrogen-bond donors (Lipinski definition) is 1. The second-order valence-electron chi connectivity index (χ2n) is 4.41. The first-order valence-electron chi connectivity index (χ1n) is 6.25. The molecule has 19 heavy (non-hydrogen) atoms. The second kappa shape index (κ2) is 6.56. The average Bonchev–Trinajstić information content (AvgIpc) is 2.87. The van der Waals surface area contributed by atoms with Crippen molar-refractivity contribution in [2.45, 2.75) is 19.4 Å². The highest BCUT2D eigenvalue weighted by molar-refractivity contribution is 6.18. The van der Waals surface area contributed by atoms with Gasteiger partial charge in [0.25, 0.3) is 0 Å². The summed E-state index contributed by atoms with van der Waals surface area (Å²) in [5, 5.41) is 10.6. The Bertz CT molecular complexity index is 426. The van der Waals surface area contributed by atoms with E-state index in [1.807, 2.05) is 13.0 Å². The number of carbonyl (C=O) groups excluding carboxylic acids is 1. The fourth-order valence-electron chi connectivity index (χ4n) is 1.90. The highest BCUT2D eigenvalue weighted by Crippen LogP contribution is 2.16. The van der Waals surface area contributed by atoms with E-state index in [9.17, 15) is 4.79 Å². The minimum atomic E-state index is -0.0956. The predicted molar refractivity (Wildman–Crippen MR) is 71.5 cm³/mol. The van der Waals surface area contributed by atoms with Gasteiger partial charge in [-0.05, 0) is 13.0 Å². The lowest BCUT2D eigenvalue weighted by Gasteiger charge is -2.17. The molecular weight excluding hydrogens is 268 g/mol. The number of urea groups is 1. The summed E-state index contributed by atoms with van der Waals surface area (Å²) in [6, 6.07) is 3.54. The van der Waals surface area contributed by atoms with Gasteiger partial charge in [-0.1, -0.05) is 0 Å². The van der Waals surface area contributed by atoms with Crippen LogP contribution in [0.15, 0.2) is 12.1 Å². The number of nitrogens with zero attached hydrogens (tertiary/aromatic N) is 3. The number of alkyl halides is 1. The number of carbonyl (C=O) groups is 1. The molecule has 7 heteroatoms. The number of likely N-dealkylation sites (tertiary alicyclic amines) is 1. The Balaban J connectivity index is 1.81. The second-order valence-corrected chi connectivity index (χ2v) is 4.79. The van der Waals surface area contributed by atoms with Gasteiger partial charge in [0, 0.05) is 31.5 Å². The summed E-state index contributed by atoms with van der Waals surface area (Å²) < 4.78 is 5.69. The monoisotopic (exact) mass is 284 g/mol. The van der Waals surface area contributed by atoms with E-state index >= 15 is 0 Å². The van der Waals surface area contributed by atoms with E-state index in [0.717, 1.165) is 12.1 Å². The van der Waals surface area contributed by atoms with E-state index < -0.39 is 0 Å². The highest BCUT2D eigenvalue weighted by atomic mass is 35.5. The van der Waals surface area contributed by atoms with Gasteiger partial charge in [0.15, 0.2) is 0 Å². The van der Waals surface area contributed by atoms with Crippen molar-refractivity contribution >= 4 is 17.6 Å². The summed E-state index contributed by atoms with van der Waals surface area (Å²) >= 11 is 5.53. The minimum Gasteiger partial charge on any atom is -0.471 e. The molecule has 1 aliphatic rings. The Morgan fingerprint density at radius 2 is 2.42 bits per heavy atom. The smallest absolute Gasteiger partial charge is 0.317 e. The largest absolute Gasteiger partial charge is 0.471 e. The maximum absolute atomic E-state index is 11.7. The van der Waals surface area contributed by atoms with Crippen LogP contribution in [0.5, 0.6) is 5.88 Å². The first-order valence-corrected chi connectivity index (χ1v) is 6.78. The van der Waals surface area contributed by atoms with Crippen LogP contribution >= 0.6 is 11.6 Å². The SMILES string of the molecule is Cc1ccc(OC2CCN(C(=O)NCCCl)C2)nn1. The number of hydrogen-bond acceptors (Lipinski definition) is 4. The van der Waals surface area contributed by atoms with Crippen LogP contribution in [0.1, 0.15) is 12.1 Å². The first-order chi connectivity index (χ1) is 9.19. The van der Waals surface area contributed by atoms with E-state index in [0.29, 0.717) is 31.4 Å². The van der Waals surface area contributed by atoms with Crippen molar-refractivity contribution in [2.75, 3.05) is 25.5 Å². The molecule has 1 atom stereocenters. The summed E-state index contributed by atoms with van der Waals surface area (Å²) in [6.07, 6.45) is 0.767. The van der Waals surface area contributed by atoms with E-state index in [2.05, 4.69) is 15.5 Å². The molecule has 0 spiro atoms. The summed E-state index contributed by atoms with van der Waals surface area (Å²) in [5.74, 6) is 0.914. The number of ether oxygens (including phenoxy) is 1. The van der Waals surface area contributed by atoms with Gasteiger partial charge in [-0.15, -0.1) is 16.7 Å². The van der Waals surface area contributed by atoms with Gasteiger partial charge in [-0.3, -0.25) is 0 Å². The molecule has 0 bridgehead atoms. The van der Waals surface area contributed by atoms with Crippen molar-refractivity contribution in [3.05, 3.63) is 17.8 Å². The van der Waals surface area contributed by atoms with E-state index in [1.54, 1.807) is 11.0 Å². The zero-order valence-corrected chi connectivity index (χ0v) is 11.6. The Kier molecular flexibility index (Phi) is 4.79. The van der Waals surface area contributed by atoms with Crippen LogP contribution in [-0.2, 0) is 0 Å². The number of aromatic nitrogens is 2. The standard InChI is InChI=1S/C12H17ClN4O2/c1-9-2-3-11(16-15-9)19-10-4-7-17(8-10)12(18)14-6-5-13/h2-3,10H,4-8H2,1H3,(H,14,18). The van der Waals surface area contributed by atoms with Crippen molar-refractivity contribution in [3.63, 3.8) is 0 Å². The summed E-state index contributed by atoms with van der Waals surface area (Å²) in [4.78, 5) is 13.4. The molecule has 1 aromatic heterocycles. The fraction of sp³-hybridized carbons (Fsp3) is 0.583. The molecule has 0 aromatic carbocycles. The molecule has 1 saturated heterocycles. The van der Waals surface area contributed by atoms with Crippen molar-refractivity contribution in [2.24, 2.45) is 0 Å². The van der Waals surface area contributed by atoms with Crippen molar-refractivity contribution < 1.29 is 9.53 Å². The van der Waals surface area contributed by atoms with Gasteiger partial charge >= 0.3 is 6.03 Å². The third-order valence-corrected chi connectivity index (χ3v) is 3.05. The van der Waals surface area contributed by atoms with Gasteiger partial charge in [0.1, 0.15) is 6.10 Å². The van der Waals surface area contributed by atoms with E-state index in [1.165, 1.54) is 0 Å². The Morgan fingerprint density at radius 1 is 1.58 bits per heavy atom. The van der Waals surface area contributed by atoms with Crippen molar-refractivity contribution in [3.8, 4) is 5.88 Å². The lowest BCUT2D eigenvalue weighted by Crippen LogP contribution is -2.40. The molecule has 1 N–H and O–H groups in total. The van der Waals surface area contributed by atoms with Crippen LogP contribution in [0, 0.1) is 6.92 Å². The Morgan fingerprint density at radius 3 is 3.11 bits per heavy atom. The van der Waals surface area contributed by atoms with Gasteiger partial charge < -0.3 is 15.0 Å². The van der Waals surface area contributed by atoms with E-state index in [-0.39, 0.29) is 12.1 Å². The van der Waals surface area contributed by atoms with E-state index in [4.69, 9.17) is 16.3 Å². The van der Waals surface area contributed by atoms with Crippen LogP contribution in [-0.4, -0.2) is 52.7 Å². The summed E-state index contributed by atoms with van der Waals surface area (Å²) in [6.45, 7) is 3.59. The molecule has 104 valence electrons. The lowest BCUT2D eigenvalue weighted by atomic mass is 10.3. The molecule has 1 aliphatic heterocycles. The maximum atomic E-state index is 11.7. The number of rotatable bonds is 4. The number of halogens is 1. The lowest BCUT2D eigenvalue weighted by molar-refractivity contribution is 0.182. The van der Waals surface area contributed by atoms with Gasteiger partial charge in [-0.25, -0.2) is 4.79 Å². The number of amides is 2. The summed E-state index contributed by atoms with van der Waals surface area (Å²) in [7, 11) is 0. The maximum Gasteiger partial charge on any atom is 0.317 e. The summed E-state index contributed by atoms with van der Waals surface area (Å²) in [5.41, 5.74) is 0.848. The Labute approximate surface area is 117 Å². The molecule has 2 amide bonds. The zero-order valence-electron chi connectivity index (χ0n) is 10.8. The first kappa shape index (κ1) is 13.9. The van der Waals surface area contributed by atoms with Crippen LogP contribution in [0.3, 0.4) is 0 Å². The molecule has 6 nitrogen and oxygen atoms in total. The topological polar surface area (TPSA) is 67.3 Å². The van der Waals surface area contributed by atoms with Crippen LogP contribution < -0.4 is 10.1 Å². The van der Waals surface area contributed by atoms with Gasteiger partial charge in [0.2, 0.25) is 5.88 Å². The minimum absolute atomic E-state index is 0.0289. The highest BCUT2D eigenvalue weighted by Gasteiger charge is 2.27. The predicted octanol–water partition coefficient (Wildman–Crippen LogP) is 1.19. The van der Waals surface area contributed by atoms with Crippen molar-refractivity contribution in [1.29, 1.82) is 0 Å². The molecule has 0 radical (unpaired) electrons. The molecule has 1 aromatic rings. The Hall–Kier alpha value is -1.56. The molecule has 1 fully saturated rings. The number of aryl methyl sites for hydroxylation is 1. The van der Waals surface area contributed by atoms with Crippen LogP contribution in [0.2, 0.25) is 0 Å². The van der Waals surface area contributed by atoms with Crippen LogP contribution in [0.4, 0.5) is 4.79 Å². The third-order valence-electron chi connectivity index (χ3n) is 2.86. The normalized spacial score (nSPS) is 18.4. The molecule has 1 unspecified atom stereocenters. The molecule has 0 saturated carbocycles. The molecule has 2 heterocycles. The quantitative estimate of drug-likeness (QED) is 0.843. The van der Waals surface area contributed by atoms with Gasteiger partial charge in [0.05, 0.1) is 12.2 Å².